The molecule has 2 rings (SSSR count). The summed E-state index contributed by atoms with van der Waals surface area (Å²) in [5, 5.41) is 21.9. The van der Waals surface area contributed by atoms with E-state index < -0.39 is 36.4 Å². The van der Waals surface area contributed by atoms with E-state index >= 15 is 0 Å². The Kier molecular flexibility index (Phi) is 3.61. The normalized spacial score (nSPS) is 39.4. The Morgan fingerprint density at radius 1 is 1.44 bits per heavy atom. The summed E-state index contributed by atoms with van der Waals surface area (Å²) in [4.78, 5) is 11.0. The second-order valence-electron chi connectivity index (χ2n) is 5.05. The standard InChI is InChI=1S/C11H19NO6/c1-5(14)12-6(4-13)8-7(15)9-10(16-8)18-11(2,3)17-9/h6-10,13,15H,4H2,1-3H3,(H,12,14)/t6-,7-,8+,9+,10+/m0/s1. The van der Waals surface area contributed by atoms with Crippen molar-refractivity contribution in [3.63, 3.8) is 0 Å². The zero-order valence-corrected chi connectivity index (χ0v) is 10.6. The molecule has 1 amide bonds. The molecule has 0 radical (unpaired) electrons. The zero-order valence-electron chi connectivity index (χ0n) is 10.6. The number of amides is 1. The lowest BCUT2D eigenvalue weighted by Gasteiger charge is -2.27. The van der Waals surface area contributed by atoms with Gasteiger partial charge in [-0.3, -0.25) is 4.79 Å². The van der Waals surface area contributed by atoms with Gasteiger partial charge in [-0.15, -0.1) is 0 Å². The van der Waals surface area contributed by atoms with Crippen LogP contribution in [0, 0.1) is 0 Å². The lowest BCUT2D eigenvalue weighted by atomic mass is 10.0. The van der Waals surface area contributed by atoms with Gasteiger partial charge >= 0.3 is 0 Å². The summed E-state index contributed by atoms with van der Waals surface area (Å²) >= 11 is 0. The first-order chi connectivity index (χ1) is 8.34. The fourth-order valence-corrected chi connectivity index (χ4v) is 2.34. The number of carbonyl (C=O) groups excluding carboxylic acids is 1. The highest BCUT2D eigenvalue weighted by molar-refractivity contribution is 5.73. The number of carbonyl (C=O) groups is 1. The van der Waals surface area contributed by atoms with E-state index in [0.717, 1.165) is 0 Å². The van der Waals surface area contributed by atoms with Crippen molar-refractivity contribution < 1.29 is 29.2 Å². The fourth-order valence-electron chi connectivity index (χ4n) is 2.34. The van der Waals surface area contributed by atoms with E-state index in [1.807, 2.05) is 0 Å². The average molecular weight is 261 g/mol. The smallest absolute Gasteiger partial charge is 0.217 e. The van der Waals surface area contributed by atoms with Crippen LogP contribution in [0.25, 0.3) is 0 Å². The van der Waals surface area contributed by atoms with Gasteiger partial charge < -0.3 is 29.7 Å². The molecule has 0 aliphatic carbocycles. The van der Waals surface area contributed by atoms with E-state index in [1.165, 1.54) is 6.92 Å². The molecule has 7 heteroatoms. The van der Waals surface area contributed by atoms with Crippen molar-refractivity contribution in [2.75, 3.05) is 6.61 Å². The first-order valence-electron chi connectivity index (χ1n) is 5.91. The van der Waals surface area contributed by atoms with Crippen LogP contribution >= 0.6 is 0 Å². The van der Waals surface area contributed by atoms with Crippen molar-refractivity contribution in [1.29, 1.82) is 0 Å². The van der Waals surface area contributed by atoms with E-state index in [1.54, 1.807) is 13.8 Å². The molecule has 18 heavy (non-hydrogen) atoms. The molecule has 2 fully saturated rings. The minimum absolute atomic E-state index is 0.302. The van der Waals surface area contributed by atoms with Crippen molar-refractivity contribution in [3.8, 4) is 0 Å². The highest BCUT2D eigenvalue weighted by Crippen LogP contribution is 2.38. The Hall–Kier alpha value is -0.730. The zero-order chi connectivity index (χ0) is 13.5. The first-order valence-corrected chi connectivity index (χ1v) is 5.91. The maximum absolute atomic E-state index is 11.0. The molecule has 0 bridgehead atoms. The number of ether oxygens (including phenoxy) is 3. The largest absolute Gasteiger partial charge is 0.394 e. The van der Waals surface area contributed by atoms with Gasteiger partial charge in [0.1, 0.15) is 18.3 Å². The lowest BCUT2D eigenvalue weighted by Crippen LogP contribution is -2.51. The van der Waals surface area contributed by atoms with Crippen molar-refractivity contribution in [2.45, 2.75) is 57.2 Å². The maximum Gasteiger partial charge on any atom is 0.217 e. The molecule has 2 saturated heterocycles. The summed E-state index contributed by atoms with van der Waals surface area (Å²) < 4.78 is 16.5. The summed E-state index contributed by atoms with van der Waals surface area (Å²) in [6.45, 7) is 4.46. The van der Waals surface area contributed by atoms with Crippen LogP contribution in [0.5, 0.6) is 0 Å². The number of hydrogen-bond donors (Lipinski definition) is 3. The molecular weight excluding hydrogens is 242 g/mol. The van der Waals surface area contributed by atoms with Crippen molar-refractivity contribution in [2.24, 2.45) is 0 Å². The Morgan fingerprint density at radius 3 is 2.61 bits per heavy atom. The number of rotatable bonds is 3. The van der Waals surface area contributed by atoms with Gasteiger partial charge in [0.2, 0.25) is 5.91 Å². The van der Waals surface area contributed by atoms with Gasteiger partial charge in [0.15, 0.2) is 12.1 Å². The molecule has 5 atom stereocenters. The van der Waals surface area contributed by atoms with Gasteiger partial charge in [-0.05, 0) is 13.8 Å². The van der Waals surface area contributed by atoms with Gasteiger partial charge in [0.25, 0.3) is 0 Å². The molecule has 7 nitrogen and oxygen atoms in total. The van der Waals surface area contributed by atoms with Crippen LogP contribution in [0.4, 0.5) is 0 Å². The highest BCUT2D eigenvalue weighted by atomic mass is 16.8. The molecule has 0 aromatic rings. The van der Waals surface area contributed by atoms with Crippen molar-refractivity contribution >= 4 is 5.91 Å². The number of nitrogens with one attached hydrogen (secondary N) is 1. The van der Waals surface area contributed by atoms with Gasteiger partial charge in [-0.25, -0.2) is 0 Å². The number of aliphatic hydroxyl groups excluding tert-OH is 2. The maximum atomic E-state index is 11.0. The quantitative estimate of drug-likeness (QED) is 0.585. The molecule has 2 aliphatic heterocycles. The van der Waals surface area contributed by atoms with Gasteiger partial charge in [0, 0.05) is 6.92 Å². The summed E-state index contributed by atoms with van der Waals surface area (Å²) in [6.07, 6.45) is -2.98. The second-order valence-corrected chi connectivity index (χ2v) is 5.05. The summed E-state index contributed by atoms with van der Waals surface area (Å²) in [5.41, 5.74) is 0. The van der Waals surface area contributed by atoms with Gasteiger partial charge in [-0.1, -0.05) is 0 Å². The number of aliphatic hydroxyl groups is 2. The predicted molar refractivity (Wildman–Crippen MR) is 59.4 cm³/mol. The minimum atomic E-state index is -0.958. The monoisotopic (exact) mass is 261 g/mol. The lowest BCUT2D eigenvalue weighted by molar-refractivity contribution is -0.219. The first kappa shape index (κ1) is 13.7. The topological polar surface area (TPSA) is 97.3 Å². The molecule has 0 spiro atoms. The molecule has 0 saturated carbocycles. The molecule has 0 aromatic carbocycles. The second kappa shape index (κ2) is 4.75. The fraction of sp³-hybridized carbons (Fsp3) is 0.909. The molecule has 0 unspecified atom stereocenters. The van der Waals surface area contributed by atoms with Crippen LogP contribution in [0.2, 0.25) is 0 Å². The molecule has 2 heterocycles. The third-order valence-corrected chi connectivity index (χ3v) is 3.03. The molecular formula is C11H19NO6. The van der Waals surface area contributed by atoms with Crippen LogP contribution in [-0.4, -0.2) is 59.2 Å². The Bertz CT molecular complexity index is 333. The van der Waals surface area contributed by atoms with E-state index in [2.05, 4.69) is 5.32 Å². The Morgan fingerprint density at radius 2 is 2.11 bits per heavy atom. The van der Waals surface area contributed by atoms with E-state index in [0.29, 0.717) is 0 Å². The van der Waals surface area contributed by atoms with Crippen LogP contribution < -0.4 is 5.32 Å². The number of fused-ring (bicyclic) bond motifs is 1. The Labute approximate surface area is 105 Å². The Balaban J connectivity index is 2.04. The van der Waals surface area contributed by atoms with Crippen molar-refractivity contribution in [3.05, 3.63) is 0 Å². The molecule has 3 N–H and O–H groups in total. The molecule has 2 aliphatic rings. The molecule has 104 valence electrons. The third kappa shape index (κ3) is 2.50. The van der Waals surface area contributed by atoms with Crippen molar-refractivity contribution in [1.82, 2.24) is 5.32 Å². The summed E-state index contributed by atoms with van der Waals surface area (Å²) in [7, 11) is 0. The molecule has 0 aromatic heterocycles. The minimum Gasteiger partial charge on any atom is -0.394 e. The average Bonchev–Trinajstić information content (AvgIpc) is 2.70. The van der Waals surface area contributed by atoms with Crippen LogP contribution in [0.15, 0.2) is 0 Å². The van der Waals surface area contributed by atoms with E-state index in [-0.39, 0.29) is 12.5 Å². The summed E-state index contributed by atoms with van der Waals surface area (Å²) in [6, 6.07) is -0.682. The SMILES string of the molecule is CC(=O)N[C@@H](CO)[C@H]1O[C@@H]2OC(C)(C)O[C@@H]2[C@H]1O. The highest BCUT2D eigenvalue weighted by Gasteiger charge is 2.56. The summed E-state index contributed by atoms with van der Waals surface area (Å²) in [5.74, 6) is -1.10. The van der Waals surface area contributed by atoms with E-state index in [9.17, 15) is 15.0 Å². The predicted octanol–water partition coefficient (Wildman–Crippen LogP) is -1.28. The third-order valence-electron chi connectivity index (χ3n) is 3.03. The van der Waals surface area contributed by atoms with Gasteiger partial charge in [-0.2, -0.15) is 0 Å². The van der Waals surface area contributed by atoms with Crippen LogP contribution in [-0.2, 0) is 19.0 Å². The number of hydrogen-bond acceptors (Lipinski definition) is 6. The van der Waals surface area contributed by atoms with E-state index in [4.69, 9.17) is 14.2 Å². The van der Waals surface area contributed by atoms with Crippen LogP contribution in [0.3, 0.4) is 0 Å². The van der Waals surface area contributed by atoms with Crippen LogP contribution in [0.1, 0.15) is 20.8 Å². The van der Waals surface area contributed by atoms with Gasteiger partial charge in [0.05, 0.1) is 12.6 Å².